The highest BCUT2D eigenvalue weighted by molar-refractivity contribution is 5.77. The summed E-state index contributed by atoms with van der Waals surface area (Å²) in [5.41, 5.74) is 0. The molecule has 2 N–H and O–H groups in total. The Balaban J connectivity index is 2.35. The van der Waals surface area contributed by atoms with Crippen molar-refractivity contribution in [3.05, 3.63) is 24.2 Å². The summed E-state index contributed by atoms with van der Waals surface area (Å²) in [5, 5.41) is 11.3. The maximum Gasteiger partial charge on any atom is 0.411 e. The highest BCUT2D eigenvalue weighted by atomic mass is 19.4. The first-order valence-electron chi connectivity index (χ1n) is 5.00. The molecule has 0 aromatic carbocycles. The third-order valence-electron chi connectivity index (χ3n) is 1.90. The standard InChI is InChI=1S/C10H12F3NO4/c11-10(12,13)6-17-5-9(16)14-7(4-15)8-2-1-3-18-8/h1-3,7,15H,4-6H2,(H,14,16). The molecule has 18 heavy (non-hydrogen) atoms. The van der Waals surface area contributed by atoms with Crippen molar-refractivity contribution in [3.8, 4) is 0 Å². The molecule has 1 rings (SSSR count). The van der Waals surface area contributed by atoms with Crippen molar-refractivity contribution in [2.75, 3.05) is 19.8 Å². The molecule has 1 aromatic heterocycles. The van der Waals surface area contributed by atoms with Crippen molar-refractivity contribution in [1.29, 1.82) is 0 Å². The Morgan fingerprint density at radius 2 is 2.28 bits per heavy atom. The van der Waals surface area contributed by atoms with Crippen LogP contribution in [0.4, 0.5) is 13.2 Å². The Morgan fingerprint density at radius 1 is 1.56 bits per heavy atom. The van der Waals surface area contributed by atoms with Gasteiger partial charge < -0.3 is 19.6 Å². The Bertz CT molecular complexity index is 364. The fourth-order valence-electron chi connectivity index (χ4n) is 1.19. The first-order valence-corrected chi connectivity index (χ1v) is 5.00. The summed E-state index contributed by atoms with van der Waals surface area (Å²) < 4.78 is 44.4. The number of rotatable bonds is 6. The lowest BCUT2D eigenvalue weighted by Gasteiger charge is -2.14. The fraction of sp³-hybridized carbons (Fsp3) is 0.500. The number of furan rings is 1. The topological polar surface area (TPSA) is 71.7 Å². The second-order valence-corrected chi connectivity index (χ2v) is 3.43. The first-order chi connectivity index (χ1) is 8.42. The van der Waals surface area contributed by atoms with Gasteiger partial charge in [-0.05, 0) is 12.1 Å². The van der Waals surface area contributed by atoms with E-state index in [0.29, 0.717) is 5.76 Å². The van der Waals surface area contributed by atoms with Crippen LogP contribution in [0.2, 0.25) is 0 Å². The average molecular weight is 267 g/mol. The molecule has 102 valence electrons. The van der Waals surface area contributed by atoms with E-state index in [9.17, 15) is 18.0 Å². The van der Waals surface area contributed by atoms with Crippen LogP contribution in [0, 0.1) is 0 Å². The summed E-state index contributed by atoms with van der Waals surface area (Å²) in [4.78, 5) is 11.2. The van der Waals surface area contributed by atoms with E-state index in [-0.39, 0.29) is 0 Å². The van der Waals surface area contributed by atoms with Crippen molar-refractivity contribution in [2.24, 2.45) is 0 Å². The van der Waals surface area contributed by atoms with E-state index in [4.69, 9.17) is 9.52 Å². The van der Waals surface area contributed by atoms with Gasteiger partial charge in [0.15, 0.2) is 0 Å². The predicted octanol–water partition coefficient (Wildman–Crippen LogP) is 1.01. The Hall–Kier alpha value is -1.54. The van der Waals surface area contributed by atoms with Crippen molar-refractivity contribution >= 4 is 5.91 Å². The van der Waals surface area contributed by atoms with Crippen LogP contribution in [0.25, 0.3) is 0 Å². The van der Waals surface area contributed by atoms with Crippen LogP contribution in [0.3, 0.4) is 0 Å². The summed E-state index contributed by atoms with van der Waals surface area (Å²) in [5.74, 6) is -0.462. The Morgan fingerprint density at radius 3 is 2.78 bits per heavy atom. The van der Waals surface area contributed by atoms with Crippen LogP contribution in [0.5, 0.6) is 0 Å². The zero-order chi connectivity index (χ0) is 13.6. The number of aliphatic hydroxyl groups is 1. The summed E-state index contributed by atoms with van der Waals surface area (Å²) in [6.45, 7) is -2.67. The number of ether oxygens (including phenoxy) is 1. The Labute approximate surface area is 101 Å². The smallest absolute Gasteiger partial charge is 0.411 e. The molecule has 0 spiro atoms. The molecule has 0 aliphatic rings. The molecule has 1 unspecified atom stereocenters. The lowest BCUT2D eigenvalue weighted by atomic mass is 10.2. The summed E-state index contributed by atoms with van der Waals surface area (Å²) in [6, 6.07) is 2.28. The second-order valence-electron chi connectivity index (χ2n) is 3.43. The molecule has 0 saturated carbocycles. The summed E-state index contributed by atoms with van der Waals surface area (Å²) in [7, 11) is 0. The molecule has 1 aromatic rings. The van der Waals surface area contributed by atoms with E-state index in [1.165, 1.54) is 12.3 Å². The van der Waals surface area contributed by atoms with E-state index in [1.807, 2.05) is 0 Å². The van der Waals surface area contributed by atoms with E-state index < -0.39 is 37.9 Å². The minimum absolute atomic E-state index is 0.307. The minimum atomic E-state index is -4.47. The van der Waals surface area contributed by atoms with E-state index >= 15 is 0 Å². The van der Waals surface area contributed by atoms with Gasteiger partial charge in [-0.2, -0.15) is 13.2 Å². The third kappa shape index (κ3) is 5.19. The zero-order valence-corrected chi connectivity index (χ0v) is 9.24. The molecular weight excluding hydrogens is 255 g/mol. The van der Waals surface area contributed by atoms with Crippen molar-refractivity contribution in [3.63, 3.8) is 0 Å². The summed E-state index contributed by atoms with van der Waals surface area (Å²) >= 11 is 0. The molecule has 1 amide bonds. The lowest BCUT2D eigenvalue weighted by Crippen LogP contribution is -2.34. The highest BCUT2D eigenvalue weighted by Gasteiger charge is 2.28. The monoisotopic (exact) mass is 267 g/mol. The SMILES string of the molecule is O=C(COCC(F)(F)F)NC(CO)c1ccco1. The first kappa shape index (κ1) is 14.5. The maximum atomic E-state index is 11.7. The largest absolute Gasteiger partial charge is 0.467 e. The number of nitrogens with one attached hydrogen (secondary N) is 1. The van der Waals surface area contributed by atoms with Gasteiger partial charge >= 0.3 is 6.18 Å². The fourth-order valence-corrected chi connectivity index (χ4v) is 1.19. The van der Waals surface area contributed by atoms with Gasteiger partial charge in [-0.1, -0.05) is 0 Å². The van der Waals surface area contributed by atoms with Crippen LogP contribution in [0.15, 0.2) is 22.8 Å². The van der Waals surface area contributed by atoms with Gasteiger partial charge in [-0.3, -0.25) is 4.79 Å². The minimum Gasteiger partial charge on any atom is -0.467 e. The Kier molecular flexibility index (Phi) is 5.17. The number of aliphatic hydroxyl groups excluding tert-OH is 1. The molecule has 0 aliphatic carbocycles. The molecule has 0 aliphatic heterocycles. The van der Waals surface area contributed by atoms with Gasteiger partial charge in [0.1, 0.15) is 25.0 Å². The number of hydrogen-bond donors (Lipinski definition) is 2. The van der Waals surface area contributed by atoms with Crippen LogP contribution in [-0.2, 0) is 9.53 Å². The molecule has 0 fully saturated rings. The number of halogens is 3. The number of alkyl halides is 3. The van der Waals surface area contributed by atoms with Crippen molar-refractivity contribution in [2.45, 2.75) is 12.2 Å². The van der Waals surface area contributed by atoms with E-state index in [1.54, 1.807) is 6.07 Å². The normalized spacial score (nSPS) is 13.3. The van der Waals surface area contributed by atoms with E-state index in [0.717, 1.165) is 0 Å². The average Bonchev–Trinajstić information content (AvgIpc) is 2.77. The van der Waals surface area contributed by atoms with Crippen LogP contribution in [0.1, 0.15) is 11.8 Å². The van der Waals surface area contributed by atoms with E-state index in [2.05, 4.69) is 10.1 Å². The second kappa shape index (κ2) is 6.41. The summed E-state index contributed by atoms with van der Waals surface area (Å²) in [6.07, 6.45) is -3.12. The number of hydrogen-bond acceptors (Lipinski definition) is 4. The van der Waals surface area contributed by atoms with Gasteiger partial charge in [0.25, 0.3) is 0 Å². The van der Waals surface area contributed by atoms with Gasteiger partial charge in [0.05, 0.1) is 12.9 Å². The van der Waals surface area contributed by atoms with Crippen LogP contribution >= 0.6 is 0 Å². The maximum absolute atomic E-state index is 11.7. The van der Waals surface area contributed by atoms with Gasteiger partial charge in [0, 0.05) is 0 Å². The molecule has 5 nitrogen and oxygen atoms in total. The third-order valence-corrected chi connectivity index (χ3v) is 1.90. The molecule has 0 radical (unpaired) electrons. The molecule has 0 bridgehead atoms. The van der Waals surface area contributed by atoms with Crippen LogP contribution in [-0.4, -0.2) is 37.0 Å². The molecule has 1 heterocycles. The predicted molar refractivity (Wildman–Crippen MR) is 53.6 cm³/mol. The van der Waals surface area contributed by atoms with Gasteiger partial charge in [-0.25, -0.2) is 0 Å². The number of amides is 1. The van der Waals surface area contributed by atoms with Crippen molar-refractivity contribution in [1.82, 2.24) is 5.32 Å². The van der Waals surface area contributed by atoms with Gasteiger partial charge in [-0.15, -0.1) is 0 Å². The quantitative estimate of drug-likeness (QED) is 0.806. The lowest BCUT2D eigenvalue weighted by molar-refractivity contribution is -0.175. The zero-order valence-electron chi connectivity index (χ0n) is 9.24. The molecular formula is C10H12F3NO4. The van der Waals surface area contributed by atoms with Gasteiger partial charge in [0.2, 0.25) is 5.91 Å². The number of carbonyl (C=O) groups excluding carboxylic acids is 1. The molecule has 8 heteroatoms. The van der Waals surface area contributed by atoms with Crippen LogP contribution < -0.4 is 5.32 Å². The highest BCUT2D eigenvalue weighted by Crippen LogP contribution is 2.15. The number of carbonyl (C=O) groups is 1. The molecule has 0 saturated heterocycles. The molecule has 1 atom stereocenters. The van der Waals surface area contributed by atoms with Crippen molar-refractivity contribution < 1.29 is 32.2 Å².